The van der Waals surface area contributed by atoms with Crippen molar-refractivity contribution in [2.75, 3.05) is 11.9 Å². The van der Waals surface area contributed by atoms with Crippen LogP contribution in [-0.2, 0) is 16.1 Å². The van der Waals surface area contributed by atoms with Crippen LogP contribution in [0.3, 0.4) is 0 Å². The maximum Gasteiger partial charge on any atom is 0.231 e. The number of carbonyl (C=O) groups excluding carboxylic acids is 3. The molecule has 1 atom stereocenters. The first kappa shape index (κ1) is 21.8. The number of hydrogen-bond acceptors (Lipinski definition) is 6. The maximum atomic E-state index is 13.2. The molecule has 2 aromatic heterocycles. The van der Waals surface area contributed by atoms with Gasteiger partial charge in [-0.1, -0.05) is 72.0 Å². The number of ketones is 1. The summed E-state index contributed by atoms with van der Waals surface area (Å²) >= 11 is 1.14. The number of hydrogen-bond donors (Lipinski definition) is 1. The molecule has 1 aliphatic rings. The van der Waals surface area contributed by atoms with Crippen molar-refractivity contribution in [3.05, 3.63) is 95.3 Å². The second kappa shape index (κ2) is 9.44. The Kier molecular flexibility index (Phi) is 6.05. The van der Waals surface area contributed by atoms with Gasteiger partial charge in [-0.15, -0.1) is 0 Å². The summed E-state index contributed by atoms with van der Waals surface area (Å²) in [6.07, 6.45) is 1.68. The van der Waals surface area contributed by atoms with Gasteiger partial charge in [0.25, 0.3) is 0 Å². The molecule has 1 saturated heterocycles. The SMILES string of the molecule is O=C(c1ccccc1)c1sc(NC(=O)C2CC(=O)N(Cc3ccco3)C2)nc1-c1ccccc1. The van der Waals surface area contributed by atoms with Gasteiger partial charge in [-0.3, -0.25) is 14.4 Å². The molecule has 5 rings (SSSR count). The summed E-state index contributed by atoms with van der Waals surface area (Å²) in [5, 5.41) is 3.17. The van der Waals surface area contributed by atoms with Crippen LogP contribution >= 0.6 is 11.3 Å². The molecule has 2 amide bonds. The summed E-state index contributed by atoms with van der Waals surface area (Å²) in [6, 6.07) is 22.0. The van der Waals surface area contributed by atoms with Crippen LogP contribution in [0.2, 0.25) is 0 Å². The highest BCUT2D eigenvalue weighted by Gasteiger charge is 2.35. The summed E-state index contributed by atoms with van der Waals surface area (Å²) in [6.45, 7) is 0.638. The van der Waals surface area contributed by atoms with Gasteiger partial charge in [-0.2, -0.15) is 0 Å². The first-order valence-electron chi connectivity index (χ1n) is 10.9. The molecule has 0 radical (unpaired) electrons. The van der Waals surface area contributed by atoms with Crippen LogP contribution in [-0.4, -0.2) is 34.0 Å². The van der Waals surface area contributed by atoms with Crippen molar-refractivity contribution in [1.29, 1.82) is 0 Å². The monoisotopic (exact) mass is 471 g/mol. The third kappa shape index (κ3) is 4.53. The average molecular weight is 472 g/mol. The van der Waals surface area contributed by atoms with E-state index in [0.717, 1.165) is 16.9 Å². The van der Waals surface area contributed by atoms with E-state index >= 15 is 0 Å². The van der Waals surface area contributed by atoms with E-state index in [-0.39, 0.29) is 24.0 Å². The third-order valence-corrected chi connectivity index (χ3v) is 6.63. The smallest absolute Gasteiger partial charge is 0.231 e. The van der Waals surface area contributed by atoms with Crippen molar-refractivity contribution in [2.24, 2.45) is 5.92 Å². The van der Waals surface area contributed by atoms with Crippen LogP contribution in [0.15, 0.2) is 83.5 Å². The lowest BCUT2D eigenvalue weighted by Gasteiger charge is -2.14. The number of amides is 2. The molecular weight excluding hydrogens is 450 g/mol. The highest BCUT2D eigenvalue weighted by atomic mass is 32.1. The first-order valence-corrected chi connectivity index (χ1v) is 11.7. The van der Waals surface area contributed by atoms with E-state index in [0.29, 0.717) is 40.1 Å². The summed E-state index contributed by atoms with van der Waals surface area (Å²) in [5.41, 5.74) is 1.87. The average Bonchev–Trinajstić information content (AvgIpc) is 3.61. The van der Waals surface area contributed by atoms with Crippen LogP contribution in [0.25, 0.3) is 11.3 Å². The highest BCUT2D eigenvalue weighted by Crippen LogP contribution is 2.33. The van der Waals surface area contributed by atoms with Gasteiger partial charge in [0.05, 0.1) is 24.4 Å². The number of likely N-dealkylation sites (tertiary alicyclic amines) is 1. The maximum absolute atomic E-state index is 13.2. The minimum Gasteiger partial charge on any atom is -0.467 e. The molecular formula is C26H21N3O4S. The molecule has 0 bridgehead atoms. The number of thiazole rings is 1. The zero-order valence-electron chi connectivity index (χ0n) is 18.1. The van der Waals surface area contributed by atoms with E-state index in [1.165, 1.54) is 0 Å². The molecule has 2 aromatic carbocycles. The van der Waals surface area contributed by atoms with Gasteiger partial charge in [0.2, 0.25) is 17.6 Å². The van der Waals surface area contributed by atoms with Crippen molar-refractivity contribution in [1.82, 2.24) is 9.88 Å². The molecule has 170 valence electrons. The predicted octanol–water partition coefficient (Wildman–Crippen LogP) is 4.62. The fraction of sp³-hybridized carbons (Fsp3) is 0.154. The van der Waals surface area contributed by atoms with Gasteiger partial charge in [0, 0.05) is 24.1 Å². The molecule has 0 spiro atoms. The Hall–Kier alpha value is -4.04. The number of carbonyl (C=O) groups is 3. The zero-order chi connectivity index (χ0) is 23.5. The van der Waals surface area contributed by atoms with Crippen molar-refractivity contribution < 1.29 is 18.8 Å². The summed E-state index contributed by atoms with van der Waals surface area (Å²) in [5.74, 6) is -0.369. The molecule has 1 N–H and O–H groups in total. The summed E-state index contributed by atoms with van der Waals surface area (Å²) < 4.78 is 5.32. The lowest BCUT2D eigenvalue weighted by atomic mass is 10.1. The summed E-state index contributed by atoms with van der Waals surface area (Å²) in [4.78, 5) is 45.3. The first-order chi connectivity index (χ1) is 16.6. The Labute approximate surface area is 200 Å². The van der Waals surface area contributed by atoms with Gasteiger partial charge in [-0.05, 0) is 12.1 Å². The van der Waals surface area contributed by atoms with E-state index in [2.05, 4.69) is 10.3 Å². The van der Waals surface area contributed by atoms with E-state index in [1.54, 1.807) is 35.4 Å². The van der Waals surface area contributed by atoms with Crippen LogP contribution in [0.5, 0.6) is 0 Å². The van der Waals surface area contributed by atoms with E-state index in [9.17, 15) is 14.4 Å². The van der Waals surface area contributed by atoms with E-state index in [4.69, 9.17) is 4.42 Å². The minimum absolute atomic E-state index is 0.0967. The zero-order valence-corrected chi connectivity index (χ0v) is 19.0. The molecule has 0 aliphatic carbocycles. The van der Waals surface area contributed by atoms with Gasteiger partial charge in [0.1, 0.15) is 10.6 Å². The Morgan fingerprint density at radius 1 is 1.03 bits per heavy atom. The fourth-order valence-electron chi connectivity index (χ4n) is 3.94. The number of rotatable bonds is 7. The Morgan fingerprint density at radius 3 is 2.47 bits per heavy atom. The molecule has 1 aliphatic heterocycles. The third-order valence-electron chi connectivity index (χ3n) is 5.66. The number of benzene rings is 2. The number of aromatic nitrogens is 1. The molecule has 7 nitrogen and oxygen atoms in total. The van der Waals surface area contributed by atoms with Gasteiger partial charge < -0.3 is 14.6 Å². The van der Waals surface area contributed by atoms with E-state index in [1.807, 2.05) is 48.5 Å². The van der Waals surface area contributed by atoms with Gasteiger partial charge in [0.15, 0.2) is 5.13 Å². The normalized spacial score (nSPS) is 15.5. The quantitative estimate of drug-likeness (QED) is 0.397. The molecule has 4 aromatic rings. The van der Waals surface area contributed by atoms with Crippen molar-refractivity contribution in [3.8, 4) is 11.3 Å². The number of anilines is 1. The second-order valence-electron chi connectivity index (χ2n) is 8.00. The van der Waals surface area contributed by atoms with Crippen LogP contribution in [0.4, 0.5) is 5.13 Å². The molecule has 1 unspecified atom stereocenters. The van der Waals surface area contributed by atoms with Crippen LogP contribution in [0.1, 0.15) is 27.4 Å². The predicted molar refractivity (Wildman–Crippen MR) is 128 cm³/mol. The summed E-state index contributed by atoms with van der Waals surface area (Å²) in [7, 11) is 0. The second-order valence-corrected chi connectivity index (χ2v) is 9.00. The number of furan rings is 1. The van der Waals surface area contributed by atoms with Crippen molar-refractivity contribution >= 4 is 34.1 Å². The number of nitrogens with zero attached hydrogens (tertiary/aromatic N) is 2. The molecule has 0 saturated carbocycles. The fourth-order valence-corrected chi connectivity index (χ4v) is 4.89. The van der Waals surface area contributed by atoms with Crippen LogP contribution < -0.4 is 5.32 Å². The van der Waals surface area contributed by atoms with Crippen molar-refractivity contribution in [2.45, 2.75) is 13.0 Å². The van der Waals surface area contributed by atoms with Crippen LogP contribution in [0, 0.1) is 5.92 Å². The molecule has 34 heavy (non-hydrogen) atoms. The number of nitrogens with one attached hydrogen (secondary N) is 1. The lowest BCUT2D eigenvalue weighted by Crippen LogP contribution is -2.27. The van der Waals surface area contributed by atoms with Gasteiger partial charge in [-0.25, -0.2) is 4.98 Å². The minimum atomic E-state index is -0.500. The van der Waals surface area contributed by atoms with Gasteiger partial charge >= 0.3 is 0 Å². The Morgan fingerprint density at radius 2 is 1.76 bits per heavy atom. The Balaban J connectivity index is 1.37. The van der Waals surface area contributed by atoms with E-state index < -0.39 is 5.92 Å². The topological polar surface area (TPSA) is 92.5 Å². The molecule has 3 heterocycles. The largest absolute Gasteiger partial charge is 0.467 e. The highest BCUT2D eigenvalue weighted by molar-refractivity contribution is 7.18. The Bertz CT molecular complexity index is 1320. The molecule has 1 fully saturated rings. The molecule has 8 heteroatoms. The standard InChI is InChI=1S/C26H21N3O4S/c30-21-14-19(15-29(21)16-20-12-7-13-33-20)25(32)28-26-27-22(17-8-3-1-4-9-17)24(34-26)23(31)18-10-5-2-6-11-18/h1-13,19H,14-16H2,(H,27,28,32). The lowest BCUT2D eigenvalue weighted by molar-refractivity contribution is -0.128. The van der Waals surface area contributed by atoms with Crippen molar-refractivity contribution in [3.63, 3.8) is 0 Å².